The van der Waals surface area contributed by atoms with Crippen molar-refractivity contribution < 1.29 is 24.2 Å². The number of aliphatic carboxylic acids is 1. The fourth-order valence-electron chi connectivity index (χ4n) is 3.18. The summed E-state index contributed by atoms with van der Waals surface area (Å²) in [5, 5.41) is 12.3. The third-order valence-corrected chi connectivity index (χ3v) is 4.74. The summed E-state index contributed by atoms with van der Waals surface area (Å²) >= 11 is 0. The molecule has 0 saturated carbocycles. The first-order valence-corrected chi connectivity index (χ1v) is 9.17. The van der Waals surface area contributed by atoms with Crippen molar-refractivity contribution in [2.45, 2.75) is 12.5 Å². The molecular formula is C21H24N2O5. The molecule has 2 aromatic carbocycles. The van der Waals surface area contributed by atoms with E-state index in [0.717, 1.165) is 22.4 Å². The summed E-state index contributed by atoms with van der Waals surface area (Å²) in [6, 6.07) is 13.8. The lowest BCUT2D eigenvalue weighted by atomic mass is 9.95. The number of benzene rings is 2. The summed E-state index contributed by atoms with van der Waals surface area (Å²) in [4.78, 5) is 25.8. The SMILES string of the molecule is COc1ccc(-c2ccccc2C[C@H](NC(=O)N2CCOCC2)C(=O)O)cc1. The molecule has 28 heavy (non-hydrogen) atoms. The fraction of sp³-hybridized carbons (Fsp3) is 0.333. The predicted molar refractivity (Wildman–Crippen MR) is 104 cm³/mol. The third-order valence-electron chi connectivity index (χ3n) is 4.74. The van der Waals surface area contributed by atoms with E-state index >= 15 is 0 Å². The third kappa shape index (κ3) is 4.80. The van der Waals surface area contributed by atoms with Gasteiger partial charge in [-0.25, -0.2) is 9.59 Å². The minimum Gasteiger partial charge on any atom is -0.497 e. The lowest BCUT2D eigenvalue weighted by Gasteiger charge is -2.28. The van der Waals surface area contributed by atoms with Gasteiger partial charge in [-0.15, -0.1) is 0 Å². The van der Waals surface area contributed by atoms with E-state index in [9.17, 15) is 14.7 Å². The van der Waals surface area contributed by atoms with Crippen molar-refractivity contribution in [1.29, 1.82) is 0 Å². The van der Waals surface area contributed by atoms with E-state index in [-0.39, 0.29) is 12.5 Å². The number of nitrogens with zero attached hydrogens (tertiary/aromatic N) is 1. The molecule has 0 spiro atoms. The summed E-state index contributed by atoms with van der Waals surface area (Å²) < 4.78 is 10.4. The molecule has 2 amide bonds. The quantitative estimate of drug-likeness (QED) is 0.799. The second kappa shape index (κ2) is 9.23. The van der Waals surface area contributed by atoms with Gasteiger partial charge in [0.2, 0.25) is 0 Å². The number of ether oxygens (including phenoxy) is 2. The Balaban J connectivity index is 1.77. The van der Waals surface area contributed by atoms with Gasteiger partial charge in [0.15, 0.2) is 0 Å². The maximum atomic E-state index is 12.4. The van der Waals surface area contributed by atoms with Crippen LogP contribution in [0, 0.1) is 0 Å². The average molecular weight is 384 g/mol. The Kier molecular flexibility index (Phi) is 6.49. The van der Waals surface area contributed by atoms with Crippen molar-refractivity contribution in [3.05, 3.63) is 54.1 Å². The molecule has 1 aliphatic rings. The molecule has 3 rings (SSSR count). The number of carbonyl (C=O) groups is 2. The van der Waals surface area contributed by atoms with Crippen LogP contribution in [-0.4, -0.2) is 61.5 Å². The Labute approximate surface area is 163 Å². The van der Waals surface area contributed by atoms with E-state index in [1.54, 1.807) is 12.0 Å². The molecule has 1 fully saturated rings. The van der Waals surface area contributed by atoms with Crippen LogP contribution in [0.4, 0.5) is 4.79 Å². The van der Waals surface area contributed by atoms with Gasteiger partial charge in [-0.1, -0.05) is 36.4 Å². The summed E-state index contributed by atoms with van der Waals surface area (Å²) in [6.07, 6.45) is 0.188. The predicted octanol–water partition coefficient (Wildman–Crippen LogP) is 2.40. The molecule has 1 aliphatic heterocycles. The normalized spacial score (nSPS) is 15.0. The molecule has 7 heteroatoms. The van der Waals surface area contributed by atoms with Crippen molar-refractivity contribution in [3.63, 3.8) is 0 Å². The molecule has 0 aromatic heterocycles. The molecule has 0 bridgehead atoms. The van der Waals surface area contributed by atoms with Gasteiger partial charge in [0, 0.05) is 19.5 Å². The second-order valence-corrected chi connectivity index (χ2v) is 6.53. The van der Waals surface area contributed by atoms with Gasteiger partial charge in [-0.3, -0.25) is 0 Å². The topological polar surface area (TPSA) is 88.1 Å². The van der Waals surface area contributed by atoms with E-state index in [1.807, 2.05) is 48.5 Å². The van der Waals surface area contributed by atoms with Gasteiger partial charge in [0.05, 0.1) is 20.3 Å². The van der Waals surface area contributed by atoms with Crippen molar-refractivity contribution in [2.75, 3.05) is 33.4 Å². The maximum absolute atomic E-state index is 12.4. The number of nitrogens with one attached hydrogen (secondary N) is 1. The molecule has 1 saturated heterocycles. The average Bonchev–Trinajstić information content (AvgIpc) is 2.74. The molecule has 1 atom stereocenters. The van der Waals surface area contributed by atoms with Crippen molar-refractivity contribution in [2.24, 2.45) is 0 Å². The highest BCUT2D eigenvalue weighted by atomic mass is 16.5. The molecule has 0 aliphatic carbocycles. The maximum Gasteiger partial charge on any atom is 0.326 e. The zero-order valence-electron chi connectivity index (χ0n) is 15.8. The van der Waals surface area contributed by atoms with E-state index in [0.29, 0.717) is 26.3 Å². The minimum absolute atomic E-state index is 0.188. The smallest absolute Gasteiger partial charge is 0.326 e. The van der Waals surface area contributed by atoms with Crippen molar-refractivity contribution >= 4 is 12.0 Å². The first-order chi connectivity index (χ1) is 13.6. The van der Waals surface area contributed by atoms with Crippen LogP contribution in [0.2, 0.25) is 0 Å². The lowest BCUT2D eigenvalue weighted by molar-refractivity contribution is -0.139. The summed E-state index contributed by atoms with van der Waals surface area (Å²) in [7, 11) is 1.61. The van der Waals surface area contributed by atoms with Crippen LogP contribution >= 0.6 is 0 Å². The molecule has 0 radical (unpaired) electrons. The fourth-order valence-corrected chi connectivity index (χ4v) is 3.18. The first kappa shape index (κ1) is 19.7. The number of hydrogen-bond acceptors (Lipinski definition) is 4. The Morgan fingerprint density at radius 1 is 1.14 bits per heavy atom. The number of amides is 2. The first-order valence-electron chi connectivity index (χ1n) is 9.17. The number of morpholine rings is 1. The van der Waals surface area contributed by atoms with Gasteiger partial charge in [0.25, 0.3) is 0 Å². The molecular weight excluding hydrogens is 360 g/mol. The minimum atomic E-state index is -1.06. The molecule has 7 nitrogen and oxygen atoms in total. The Bertz CT molecular complexity index is 816. The largest absolute Gasteiger partial charge is 0.497 e. The number of rotatable bonds is 6. The Morgan fingerprint density at radius 3 is 2.46 bits per heavy atom. The molecule has 0 unspecified atom stereocenters. The van der Waals surface area contributed by atoms with Gasteiger partial charge in [0.1, 0.15) is 11.8 Å². The van der Waals surface area contributed by atoms with Crippen LogP contribution in [-0.2, 0) is 16.0 Å². The number of carboxylic acid groups (broad SMARTS) is 1. The summed E-state index contributed by atoms with van der Waals surface area (Å²) in [5.74, 6) is -0.312. The highest BCUT2D eigenvalue weighted by Crippen LogP contribution is 2.26. The van der Waals surface area contributed by atoms with Crippen LogP contribution in [0.5, 0.6) is 5.75 Å². The van der Waals surface area contributed by atoms with Crippen LogP contribution in [0.1, 0.15) is 5.56 Å². The van der Waals surface area contributed by atoms with Crippen molar-refractivity contribution in [3.8, 4) is 16.9 Å². The van der Waals surface area contributed by atoms with E-state index < -0.39 is 12.0 Å². The number of methoxy groups -OCH3 is 1. The Hall–Kier alpha value is -3.06. The van der Waals surface area contributed by atoms with Crippen molar-refractivity contribution in [1.82, 2.24) is 10.2 Å². The molecule has 1 heterocycles. The van der Waals surface area contributed by atoms with E-state index in [2.05, 4.69) is 5.32 Å². The summed E-state index contributed by atoms with van der Waals surface area (Å²) in [5.41, 5.74) is 2.74. The molecule has 2 N–H and O–H groups in total. The zero-order valence-corrected chi connectivity index (χ0v) is 15.8. The highest BCUT2D eigenvalue weighted by Gasteiger charge is 2.25. The van der Waals surface area contributed by atoms with Gasteiger partial charge < -0.3 is 24.8 Å². The number of carbonyl (C=O) groups excluding carboxylic acids is 1. The molecule has 2 aromatic rings. The van der Waals surface area contributed by atoms with E-state index in [4.69, 9.17) is 9.47 Å². The van der Waals surface area contributed by atoms with Gasteiger partial charge >= 0.3 is 12.0 Å². The van der Waals surface area contributed by atoms with Crippen LogP contribution < -0.4 is 10.1 Å². The van der Waals surface area contributed by atoms with Crippen LogP contribution in [0.15, 0.2) is 48.5 Å². The second-order valence-electron chi connectivity index (χ2n) is 6.53. The van der Waals surface area contributed by atoms with Crippen LogP contribution in [0.25, 0.3) is 11.1 Å². The number of urea groups is 1. The standard InChI is InChI=1S/C21H24N2O5/c1-27-17-8-6-15(7-9-17)18-5-3-2-4-16(18)14-19(20(24)25)22-21(26)23-10-12-28-13-11-23/h2-9,19H,10-14H2,1H3,(H,22,26)(H,24,25)/t19-/m0/s1. The highest BCUT2D eigenvalue weighted by molar-refractivity contribution is 5.83. The number of carboxylic acids is 1. The number of hydrogen-bond donors (Lipinski definition) is 2. The monoisotopic (exact) mass is 384 g/mol. The summed E-state index contributed by atoms with van der Waals surface area (Å²) in [6.45, 7) is 1.85. The molecule has 148 valence electrons. The Morgan fingerprint density at radius 2 is 1.82 bits per heavy atom. The van der Waals surface area contributed by atoms with Gasteiger partial charge in [-0.2, -0.15) is 0 Å². The lowest BCUT2D eigenvalue weighted by Crippen LogP contribution is -2.51. The zero-order chi connectivity index (χ0) is 19.9. The van der Waals surface area contributed by atoms with Gasteiger partial charge in [-0.05, 0) is 28.8 Å². The van der Waals surface area contributed by atoms with E-state index in [1.165, 1.54) is 0 Å². The van der Waals surface area contributed by atoms with Crippen LogP contribution in [0.3, 0.4) is 0 Å².